The van der Waals surface area contributed by atoms with E-state index in [0.29, 0.717) is 6.42 Å². The van der Waals surface area contributed by atoms with E-state index >= 15 is 0 Å². The average Bonchev–Trinajstić information content (AvgIpc) is 2.12. The Morgan fingerprint density at radius 2 is 2.15 bits per heavy atom. The van der Waals surface area contributed by atoms with Crippen molar-refractivity contribution in [3.8, 4) is 0 Å². The van der Waals surface area contributed by atoms with Crippen molar-refractivity contribution in [2.45, 2.75) is 31.2 Å². The molecule has 4 heteroatoms. The minimum Gasteiger partial charge on any atom is -0.370 e. The largest absolute Gasteiger partial charge is 0.370 e. The maximum absolute atomic E-state index is 10.8. The first-order valence-corrected chi connectivity index (χ1v) is 4.78. The van der Waals surface area contributed by atoms with Gasteiger partial charge in [-0.2, -0.15) is 0 Å². The van der Waals surface area contributed by atoms with E-state index in [4.69, 9.17) is 11.5 Å². The Labute approximate surface area is 79.3 Å². The summed E-state index contributed by atoms with van der Waals surface area (Å²) < 4.78 is 0. The van der Waals surface area contributed by atoms with Gasteiger partial charge in [-0.25, -0.2) is 0 Å². The quantitative estimate of drug-likeness (QED) is 0.619. The molecular formula is C9H19N3O. The van der Waals surface area contributed by atoms with E-state index in [9.17, 15) is 4.79 Å². The fourth-order valence-electron chi connectivity index (χ4n) is 1.88. The van der Waals surface area contributed by atoms with Crippen LogP contribution in [0.1, 0.15) is 25.7 Å². The van der Waals surface area contributed by atoms with Gasteiger partial charge in [-0.1, -0.05) is 0 Å². The number of primary amides is 1. The topological polar surface area (TPSA) is 72.3 Å². The number of nitrogens with two attached hydrogens (primary N) is 2. The number of likely N-dealkylation sites (tertiary alicyclic amines) is 1. The monoisotopic (exact) mass is 185 g/mol. The summed E-state index contributed by atoms with van der Waals surface area (Å²) in [5.41, 5.74) is 10.9. The Morgan fingerprint density at radius 3 is 2.77 bits per heavy atom. The zero-order chi connectivity index (χ0) is 9.90. The first-order chi connectivity index (χ1) is 6.02. The maximum Gasteiger partial charge on any atom is 0.219 e. The molecule has 76 valence electrons. The number of nitrogens with zero attached hydrogens (tertiary/aromatic N) is 1. The molecule has 1 amide bonds. The smallest absolute Gasteiger partial charge is 0.219 e. The Hall–Kier alpha value is -0.610. The van der Waals surface area contributed by atoms with Gasteiger partial charge in [0.05, 0.1) is 0 Å². The minimum absolute atomic E-state index is 0.285. The van der Waals surface area contributed by atoms with Gasteiger partial charge in [-0.05, 0) is 39.4 Å². The number of rotatable bonds is 2. The summed E-state index contributed by atoms with van der Waals surface area (Å²) in [5.74, 6) is -0.285. The van der Waals surface area contributed by atoms with E-state index < -0.39 is 0 Å². The van der Waals surface area contributed by atoms with E-state index in [-0.39, 0.29) is 11.4 Å². The highest BCUT2D eigenvalue weighted by atomic mass is 16.1. The van der Waals surface area contributed by atoms with Crippen LogP contribution in [0.15, 0.2) is 0 Å². The van der Waals surface area contributed by atoms with Gasteiger partial charge in [-0.15, -0.1) is 0 Å². The highest BCUT2D eigenvalue weighted by molar-refractivity contribution is 5.75. The molecule has 0 spiro atoms. The van der Waals surface area contributed by atoms with Crippen molar-refractivity contribution in [3.05, 3.63) is 0 Å². The van der Waals surface area contributed by atoms with Crippen LogP contribution in [0.2, 0.25) is 0 Å². The van der Waals surface area contributed by atoms with Crippen molar-refractivity contribution >= 4 is 5.91 Å². The Bertz CT molecular complexity index is 195. The number of carbonyl (C=O) groups excluding carboxylic acids is 1. The van der Waals surface area contributed by atoms with Crippen LogP contribution in [-0.4, -0.2) is 36.5 Å². The second-order valence-electron chi connectivity index (χ2n) is 4.16. The molecule has 1 aliphatic heterocycles. The predicted octanol–water partition coefficient (Wildman–Crippen LogP) is -0.325. The van der Waals surface area contributed by atoms with Crippen LogP contribution in [0.25, 0.3) is 0 Å². The molecule has 0 aliphatic carbocycles. The third-order valence-corrected chi connectivity index (χ3v) is 2.73. The molecular weight excluding hydrogens is 166 g/mol. The van der Waals surface area contributed by atoms with Crippen LogP contribution >= 0.6 is 0 Å². The number of carbonyl (C=O) groups is 1. The zero-order valence-electron chi connectivity index (χ0n) is 8.25. The van der Waals surface area contributed by atoms with Crippen molar-refractivity contribution in [3.63, 3.8) is 0 Å². The Morgan fingerprint density at radius 1 is 1.46 bits per heavy atom. The molecule has 0 aromatic rings. The van der Waals surface area contributed by atoms with Crippen molar-refractivity contribution in [2.24, 2.45) is 11.5 Å². The van der Waals surface area contributed by atoms with Gasteiger partial charge in [-0.3, -0.25) is 4.79 Å². The molecule has 4 nitrogen and oxygen atoms in total. The lowest BCUT2D eigenvalue weighted by atomic mass is 9.88. The molecule has 1 atom stereocenters. The van der Waals surface area contributed by atoms with E-state index in [1.807, 2.05) is 0 Å². The van der Waals surface area contributed by atoms with Gasteiger partial charge in [0.25, 0.3) is 0 Å². The molecule has 4 N–H and O–H groups in total. The molecule has 1 heterocycles. The first-order valence-electron chi connectivity index (χ1n) is 4.78. The SMILES string of the molecule is CN1CCCC(N)(CC(N)=O)CC1. The van der Waals surface area contributed by atoms with E-state index in [0.717, 1.165) is 32.4 Å². The molecule has 1 rings (SSSR count). The summed E-state index contributed by atoms with van der Waals surface area (Å²) in [6.45, 7) is 2.03. The molecule has 0 aromatic carbocycles. The zero-order valence-corrected chi connectivity index (χ0v) is 8.25. The summed E-state index contributed by atoms with van der Waals surface area (Å²) in [6, 6.07) is 0. The molecule has 0 radical (unpaired) electrons. The van der Waals surface area contributed by atoms with Gasteiger partial charge < -0.3 is 16.4 Å². The van der Waals surface area contributed by atoms with E-state index in [1.165, 1.54) is 0 Å². The summed E-state index contributed by atoms with van der Waals surface area (Å²) >= 11 is 0. The molecule has 1 aliphatic rings. The van der Waals surface area contributed by atoms with E-state index in [2.05, 4.69) is 11.9 Å². The molecule has 1 fully saturated rings. The standard InChI is InChI=1S/C9H19N3O/c1-12-5-2-3-9(11,4-6-12)7-8(10)13/h2-7,11H2,1H3,(H2,10,13). The average molecular weight is 185 g/mol. The molecule has 1 unspecified atom stereocenters. The lowest BCUT2D eigenvalue weighted by molar-refractivity contribution is -0.119. The summed E-state index contributed by atoms with van der Waals surface area (Å²) in [4.78, 5) is 13.0. The molecule has 0 bridgehead atoms. The van der Waals surface area contributed by atoms with Crippen molar-refractivity contribution in [2.75, 3.05) is 20.1 Å². The van der Waals surface area contributed by atoms with Crippen LogP contribution in [0.3, 0.4) is 0 Å². The summed E-state index contributed by atoms with van der Waals surface area (Å²) in [5, 5.41) is 0. The number of hydrogen-bond donors (Lipinski definition) is 2. The fraction of sp³-hybridized carbons (Fsp3) is 0.889. The second kappa shape index (κ2) is 4.07. The highest BCUT2D eigenvalue weighted by Crippen LogP contribution is 2.22. The van der Waals surface area contributed by atoms with Gasteiger partial charge in [0.2, 0.25) is 5.91 Å². The molecule has 13 heavy (non-hydrogen) atoms. The molecule has 0 saturated carbocycles. The fourth-order valence-corrected chi connectivity index (χ4v) is 1.88. The van der Waals surface area contributed by atoms with Crippen molar-refractivity contribution in [1.29, 1.82) is 0 Å². The van der Waals surface area contributed by atoms with Crippen molar-refractivity contribution in [1.82, 2.24) is 4.90 Å². The number of hydrogen-bond acceptors (Lipinski definition) is 3. The normalized spacial score (nSPS) is 31.2. The maximum atomic E-state index is 10.8. The minimum atomic E-state index is -0.351. The van der Waals surface area contributed by atoms with Crippen LogP contribution in [0.5, 0.6) is 0 Å². The van der Waals surface area contributed by atoms with E-state index in [1.54, 1.807) is 0 Å². The third kappa shape index (κ3) is 3.32. The second-order valence-corrected chi connectivity index (χ2v) is 4.16. The lowest BCUT2D eigenvalue weighted by Crippen LogP contribution is -2.44. The third-order valence-electron chi connectivity index (χ3n) is 2.73. The predicted molar refractivity (Wildman–Crippen MR) is 52.1 cm³/mol. The van der Waals surface area contributed by atoms with Crippen LogP contribution in [0, 0.1) is 0 Å². The van der Waals surface area contributed by atoms with Gasteiger partial charge in [0.15, 0.2) is 0 Å². The Kier molecular flexibility index (Phi) is 3.27. The van der Waals surface area contributed by atoms with Gasteiger partial charge in [0, 0.05) is 12.0 Å². The lowest BCUT2D eigenvalue weighted by Gasteiger charge is -2.26. The highest BCUT2D eigenvalue weighted by Gasteiger charge is 2.29. The molecule has 1 saturated heterocycles. The molecule has 0 aromatic heterocycles. The van der Waals surface area contributed by atoms with Gasteiger partial charge in [0.1, 0.15) is 0 Å². The van der Waals surface area contributed by atoms with Crippen LogP contribution < -0.4 is 11.5 Å². The van der Waals surface area contributed by atoms with Crippen LogP contribution in [0.4, 0.5) is 0 Å². The first kappa shape index (κ1) is 10.5. The Balaban J connectivity index is 2.52. The number of amides is 1. The van der Waals surface area contributed by atoms with Crippen molar-refractivity contribution < 1.29 is 4.79 Å². The van der Waals surface area contributed by atoms with Crippen LogP contribution in [-0.2, 0) is 4.79 Å². The summed E-state index contributed by atoms with van der Waals surface area (Å²) in [6.07, 6.45) is 3.15. The van der Waals surface area contributed by atoms with Gasteiger partial charge >= 0.3 is 0 Å². The summed E-state index contributed by atoms with van der Waals surface area (Å²) in [7, 11) is 2.08.